The second-order valence-electron chi connectivity index (χ2n) is 8.20. The highest BCUT2D eigenvalue weighted by Crippen LogP contribution is 2.30. The van der Waals surface area contributed by atoms with E-state index in [4.69, 9.17) is 4.42 Å². The summed E-state index contributed by atoms with van der Waals surface area (Å²) in [5, 5.41) is 13.9. The summed E-state index contributed by atoms with van der Waals surface area (Å²) in [6.07, 6.45) is 4.81. The van der Waals surface area contributed by atoms with Crippen LogP contribution in [0, 0.1) is 0 Å². The number of hydrogen-bond acceptors (Lipinski definition) is 9. The highest BCUT2D eigenvalue weighted by Gasteiger charge is 2.33. The Morgan fingerprint density at radius 3 is 2.94 bits per heavy atom. The fourth-order valence-corrected chi connectivity index (χ4v) is 4.66. The van der Waals surface area contributed by atoms with Crippen molar-refractivity contribution in [3.63, 3.8) is 0 Å². The van der Waals surface area contributed by atoms with Crippen LogP contribution in [0.25, 0.3) is 0 Å². The molecule has 0 spiro atoms. The molecule has 3 aromatic rings. The summed E-state index contributed by atoms with van der Waals surface area (Å²) in [4.78, 5) is 33.9. The lowest BCUT2D eigenvalue weighted by atomic mass is 10.1. The van der Waals surface area contributed by atoms with E-state index in [0.29, 0.717) is 22.2 Å². The first kappa shape index (κ1) is 22.2. The number of carbonyl (C=O) groups is 2. The number of aromatic nitrogens is 3. The molecule has 2 aromatic heterocycles. The summed E-state index contributed by atoms with van der Waals surface area (Å²) in [6.45, 7) is 4.76. The molecule has 5 rings (SSSR count). The van der Waals surface area contributed by atoms with E-state index < -0.39 is 16.7 Å². The first-order valence-corrected chi connectivity index (χ1v) is 12.3. The Balaban J connectivity index is 1.33. The van der Waals surface area contributed by atoms with Crippen LogP contribution in [0.2, 0.25) is 0 Å². The molecule has 2 atom stereocenters. The van der Waals surface area contributed by atoms with Gasteiger partial charge in [0, 0.05) is 59.4 Å². The molecule has 1 saturated heterocycles. The molecular weight excluding hydrogens is 458 g/mol. The molecule has 2 N–H and O–H groups in total. The molecule has 0 aliphatic carbocycles. The molecule has 2 aliphatic heterocycles. The number of benzene rings is 1. The van der Waals surface area contributed by atoms with Crippen LogP contribution in [-0.2, 0) is 17.3 Å². The highest BCUT2D eigenvalue weighted by molar-refractivity contribution is 7.84. The third-order valence-corrected chi connectivity index (χ3v) is 6.73. The number of nitrogens with zero attached hydrogens (tertiary/aromatic N) is 5. The van der Waals surface area contributed by atoms with Crippen molar-refractivity contribution in [1.29, 1.82) is 0 Å². The summed E-state index contributed by atoms with van der Waals surface area (Å²) < 4.78 is 17.3. The Morgan fingerprint density at radius 1 is 1.29 bits per heavy atom. The molecule has 2 amide bonds. The van der Waals surface area contributed by atoms with Gasteiger partial charge >= 0.3 is 17.8 Å². The van der Waals surface area contributed by atoms with Crippen LogP contribution in [0.3, 0.4) is 0 Å². The minimum absolute atomic E-state index is 0.0761. The maximum Gasteiger partial charge on any atom is 0.326 e. The SMILES string of the molecule is CC1CN(c2ccncc2NC(=O)c2nnc(N3Cc4ccc(S(C)=O)cc4C3=O)o2)CCN1. The molecule has 4 heterocycles. The Labute approximate surface area is 198 Å². The van der Waals surface area contributed by atoms with E-state index in [1.54, 1.807) is 36.8 Å². The Hall–Kier alpha value is -3.64. The fourth-order valence-electron chi connectivity index (χ4n) is 4.12. The first-order chi connectivity index (χ1) is 16.4. The average Bonchev–Trinajstić information content (AvgIpc) is 3.44. The van der Waals surface area contributed by atoms with Crippen LogP contribution in [0.15, 0.2) is 46.0 Å². The normalized spacial score (nSPS) is 18.6. The van der Waals surface area contributed by atoms with Gasteiger partial charge in [-0.05, 0) is 30.7 Å². The standard InChI is InChI=1S/C22H23N7O4S/c1-13-11-28(8-7-24-13)18-5-6-23-10-17(18)25-19(30)20-26-27-22(33-20)29-12-14-3-4-15(34(2)32)9-16(14)21(29)31/h3-6,9-10,13,24H,7-8,11-12H2,1-2H3,(H,25,30). The number of nitrogens with one attached hydrogen (secondary N) is 2. The van der Waals surface area contributed by atoms with Crippen molar-refractivity contribution in [3.05, 3.63) is 53.7 Å². The monoisotopic (exact) mass is 481 g/mol. The van der Waals surface area contributed by atoms with Crippen LogP contribution >= 0.6 is 0 Å². The van der Waals surface area contributed by atoms with Crippen molar-refractivity contribution in [3.8, 4) is 0 Å². The van der Waals surface area contributed by atoms with Gasteiger partial charge in [0.25, 0.3) is 5.91 Å². The maximum atomic E-state index is 12.9. The van der Waals surface area contributed by atoms with Gasteiger partial charge in [-0.1, -0.05) is 11.2 Å². The van der Waals surface area contributed by atoms with E-state index in [2.05, 4.69) is 37.6 Å². The number of piperazine rings is 1. The van der Waals surface area contributed by atoms with Gasteiger partial charge in [-0.25, -0.2) is 0 Å². The van der Waals surface area contributed by atoms with Crippen molar-refractivity contribution in [2.45, 2.75) is 24.4 Å². The lowest BCUT2D eigenvalue weighted by molar-refractivity contribution is 0.0971. The molecule has 2 aliphatic rings. The van der Waals surface area contributed by atoms with Crippen LogP contribution in [0.5, 0.6) is 0 Å². The summed E-state index contributed by atoms with van der Waals surface area (Å²) in [7, 11) is -1.21. The largest absolute Gasteiger partial charge is 0.398 e. The molecule has 1 aromatic carbocycles. The van der Waals surface area contributed by atoms with E-state index in [-0.39, 0.29) is 24.4 Å². The summed E-state index contributed by atoms with van der Waals surface area (Å²) in [6, 6.07) is 7.19. The number of fused-ring (bicyclic) bond motifs is 1. The van der Waals surface area contributed by atoms with Gasteiger partial charge in [0.05, 0.1) is 24.1 Å². The Kier molecular flexibility index (Phi) is 5.84. The molecule has 176 valence electrons. The third-order valence-electron chi connectivity index (χ3n) is 5.81. The molecule has 11 nitrogen and oxygen atoms in total. The molecule has 34 heavy (non-hydrogen) atoms. The zero-order valence-electron chi connectivity index (χ0n) is 18.6. The number of rotatable bonds is 5. The average molecular weight is 482 g/mol. The number of anilines is 3. The van der Waals surface area contributed by atoms with Gasteiger partial charge in [-0.15, -0.1) is 5.10 Å². The molecular formula is C22H23N7O4S. The maximum absolute atomic E-state index is 12.9. The van der Waals surface area contributed by atoms with Gasteiger partial charge in [-0.2, -0.15) is 0 Å². The van der Waals surface area contributed by atoms with Crippen LogP contribution < -0.4 is 20.4 Å². The molecule has 0 saturated carbocycles. The van der Waals surface area contributed by atoms with Gasteiger partial charge in [0.15, 0.2) is 0 Å². The summed E-state index contributed by atoms with van der Waals surface area (Å²) in [5.74, 6) is -1.21. The van der Waals surface area contributed by atoms with Crippen LogP contribution in [-0.4, -0.2) is 63.1 Å². The van der Waals surface area contributed by atoms with E-state index in [9.17, 15) is 13.8 Å². The molecule has 1 fully saturated rings. The van der Waals surface area contributed by atoms with Gasteiger partial charge < -0.3 is 20.0 Å². The minimum atomic E-state index is -1.21. The highest BCUT2D eigenvalue weighted by atomic mass is 32.2. The van der Waals surface area contributed by atoms with E-state index >= 15 is 0 Å². The smallest absolute Gasteiger partial charge is 0.326 e. The lowest BCUT2D eigenvalue weighted by Gasteiger charge is -2.34. The Bertz CT molecular complexity index is 1290. The van der Waals surface area contributed by atoms with E-state index in [0.717, 1.165) is 30.9 Å². The topological polar surface area (TPSA) is 134 Å². The van der Waals surface area contributed by atoms with Crippen molar-refractivity contribution in [2.75, 3.05) is 41.0 Å². The van der Waals surface area contributed by atoms with Gasteiger partial charge in [-0.3, -0.25) is 23.7 Å². The van der Waals surface area contributed by atoms with Crippen LogP contribution in [0.1, 0.15) is 33.5 Å². The Morgan fingerprint density at radius 2 is 2.15 bits per heavy atom. The van der Waals surface area contributed by atoms with Crippen molar-refractivity contribution < 1.29 is 18.2 Å². The fraction of sp³-hybridized carbons (Fsp3) is 0.318. The van der Waals surface area contributed by atoms with Crippen molar-refractivity contribution in [1.82, 2.24) is 20.5 Å². The van der Waals surface area contributed by atoms with Crippen molar-refractivity contribution >= 4 is 40.0 Å². The second-order valence-corrected chi connectivity index (χ2v) is 9.58. The molecule has 0 radical (unpaired) electrons. The van der Waals surface area contributed by atoms with Gasteiger partial charge in [0.1, 0.15) is 0 Å². The summed E-state index contributed by atoms with van der Waals surface area (Å²) in [5.41, 5.74) is 2.58. The predicted molar refractivity (Wildman–Crippen MR) is 125 cm³/mol. The summed E-state index contributed by atoms with van der Waals surface area (Å²) >= 11 is 0. The van der Waals surface area contributed by atoms with Crippen molar-refractivity contribution in [2.24, 2.45) is 0 Å². The van der Waals surface area contributed by atoms with Crippen LogP contribution in [0.4, 0.5) is 17.4 Å². The number of hydrogen-bond donors (Lipinski definition) is 2. The quantitative estimate of drug-likeness (QED) is 0.555. The zero-order valence-corrected chi connectivity index (χ0v) is 19.5. The number of carbonyl (C=O) groups excluding carboxylic acids is 2. The molecule has 12 heteroatoms. The number of amides is 2. The zero-order chi connectivity index (χ0) is 23.8. The lowest BCUT2D eigenvalue weighted by Crippen LogP contribution is -2.49. The van der Waals surface area contributed by atoms with Gasteiger partial charge in [0.2, 0.25) is 0 Å². The van der Waals surface area contributed by atoms with E-state index in [1.165, 1.54) is 4.90 Å². The molecule has 2 unspecified atom stereocenters. The third kappa shape index (κ3) is 4.17. The number of pyridine rings is 1. The second kappa shape index (κ2) is 8.95. The minimum Gasteiger partial charge on any atom is -0.398 e. The first-order valence-electron chi connectivity index (χ1n) is 10.8. The van der Waals surface area contributed by atoms with E-state index in [1.807, 2.05) is 6.07 Å². The molecule has 0 bridgehead atoms. The predicted octanol–water partition coefficient (Wildman–Crippen LogP) is 1.41.